The Kier molecular flexibility index (Phi) is 4.36. The molecule has 1 atom stereocenters. The lowest BCUT2D eigenvalue weighted by Crippen LogP contribution is -2.24. The van der Waals surface area contributed by atoms with Crippen molar-refractivity contribution in [3.05, 3.63) is 12.2 Å². The Bertz CT molecular complexity index is 221. The van der Waals surface area contributed by atoms with E-state index in [2.05, 4.69) is 16.1 Å². The Morgan fingerprint density at radius 3 is 2.23 bits per heavy atom. The highest BCUT2D eigenvalue weighted by molar-refractivity contribution is 5.58. The van der Waals surface area contributed by atoms with Gasteiger partial charge < -0.3 is 19.7 Å². The molecular formula is C7H10O6. The van der Waals surface area contributed by atoms with Crippen molar-refractivity contribution in [2.24, 2.45) is 0 Å². The summed E-state index contributed by atoms with van der Waals surface area (Å²) in [5, 5.41) is 16.4. The minimum absolute atomic E-state index is 0.378. The Morgan fingerprint density at radius 1 is 1.38 bits per heavy atom. The third-order valence-corrected chi connectivity index (χ3v) is 1.15. The summed E-state index contributed by atoms with van der Waals surface area (Å²) in [6.07, 6.45) is -3.93. The fourth-order valence-electron chi connectivity index (χ4n) is 0.546. The summed E-state index contributed by atoms with van der Waals surface area (Å²) in [4.78, 5) is 20.0. The maximum absolute atomic E-state index is 10.1. The smallest absolute Gasteiger partial charge is 0.450 e. The van der Waals surface area contributed by atoms with Crippen LogP contribution >= 0.6 is 0 Å². The Morgan fingerprint density at radius 2 is 1.92 bits per heavy atom. The molecule has 0 rings (SSSR count). The molecule has 0 aliphatic heterocycles. The highest BCUT2D eigenvalue weighted by Gasteiger charge is 2.16. The molecule has 0 aliphatic rings. The molecule has 74 valence electrons. The van der Waals surface area contributed by atoms with Gasteiger partial charge in [0.2, 0.25) is 0 Å². The molecule has 6 heteroatoms. The Labute approximate surface area is 74.4 Å². The number of carboxylic acid groups (broad SMARTS) is 2. The highest BCUT2D eigenvalue weighted by atomic mass is 16.7. The van der Waals surface area contributed by atoms with Gasteiger partial charge in [0, 0.05) is 0 Å². The summed E-state index contributed by atoms with van der Waals surface area (Å²) in [5.41, 5.74) is 0.378. The predicted molar refractivity (Wildman–Crippen MR) is 41.7 cm³/mol. The first-order chi connectivity index (χ1) is 5.93. The van der Waals surface area contributed by atoms with Crippen LogP contribution in [0.25, 0.3) is 0 Å². The fraction of sp³-hybridized carbons (Fsp3) is 0.429. The zero-order valence-corrected chi connectivity index (χ0v) is 7.02. The van der Waals surface area contributed by atoms with Gasteiger partial charge in [-0.1, -0.05) is 6.58 Å². The van der Waals surface area contributed by atoms with Gasteiger partial charge in [-0.15, -0.1) is 0 Å². The van der Waals surface area contributed by atoms with E-state index in [1.54, 1.807) is 0 Å². The van der Waals surface area contributed by atoms with Gasteiger partial charge in [-0.25, -0.2) is 9.59 Å². The van der Waals surface area contributed by atoms with Gasteiger partial charge in [-0.2, -0.15) is 0 Å². The molecule has 0 heterocycles. The summed E-state index contributed by atoms with van der Waals surface area (Å²) in [7, 11) is 0. The average molecular weight is 190 g/mol. The monoisotopic (exact) mass is 190 g/mol. The summed E-state index contributed by atoms with van der Waals surface area (Å²) < 4.78 is 8.42. The largest absolute Gasteiger partial charge is 0.506 e. The van der Waals surface area contributed by atoms with Gasteiger partial charge in [-0.05, 0) is 12.5 Å². The van der Waals surface area contributed by atoms with E-state index in [9.17, 15) is 9.59 Å². The molecule has 0 aliphatic carbocycles. The Balaban J connectivity index is 4.02. The zero-order chi connectivity index (χ0) is 10.4. The van der Waals surface area contributed by atoms with Crippen molar-refractivity contribution >= 4 is 12.3 Å². The molecule has 0 aromatic carbocycles. The maximum Gasteiger partial charge on any atom is 0.506 e. The van der Waals surface area contributed by atoms with Crippen LogP contribution < -0.4 is 0 Å². The van der Waals surface area contributed by atoms with E-state index in [1.165, 1.54) is 6.92 Å². The number of carbonyl (C=O) groups is 2. The molecule has 0 amide bonds. The van der Waals surface area contributed by atoms with E-state index in [4.69, 9.17) is 10.2 Å². The number of hydrogen-bond acceptors (Lipinski definition) is 4. The third-order valence-electron chi connectivity index (χ3n) is 1.15. The van der Waals surface area contributed by atoms with Gasteiger partial charge in [0.15, 0.2) is 6.10 Å². The molecule has 13 heavy (non-hydrogen) atoms. The lowest BCUT2D eigenvalue weighted by molar-refractivity contribution is 0.0187. The van der Waals surface area contributed by atoms with Crippen molar-refractivity contribution in [1.29, 1.82) is 0 Å². The lowest BCUT2D eigenvalue weighted by Gasteiger charge is -2.14. The molecule has 0 bridgehead atoms. The molecule has 0 saturated carbocycles. The normalized spacial score (nSPS) is 11.5. The summed E-state index contributed by atoms with van der Waals surface area (Å²) in [6, 6.07) is 0. The minimum atomic E-state index is -1.50. The molecule has 0 radical (unpaired) electrons. The highest BCUT2D eigenvalue weighted by Crippen LogP contribution is 2.04. The molecule has 1 unspecified atom stereocenters. The Hall–Kier alpha value is -1.72. The van der Waals surface area contributed by atoms with Gasteiger partial charge >= 0.3 is 12.3 Å². The second-order valence-electron chi connectivity index (χ2n) is 2.30. The van der Waals surface area contributed by atoms with Crippen molar-refractivity contribution in [2.75, 3.05) is 6.61 Å². The van der Waals surface area contributed by atoms with E-state index < -0.39 is 18.4 Å². The van der Waals surface area contributed by atoms with E-state index in [0.29, 0.717) is 5.57 Å². The van der Waals surface area contributed by atoms with E-state index in [0.717, 1.165) is 0 Å². The van der Waals surface area contributed by atoms with Crippen LogP contribution in [-0.4, -0.2) is 35.2 Å². The quantitative estimate of drug-likeness (QED) is 0.513. The van der Waals surface area contributed by atoms with Gasteiger partial charge in [-0.3, -0.25) is 0 Å². The van der Waals surface area contributed by atoms with Crippen LogP contribution in [0.15, 0.2) is 12.2 Å². The van der Waals surface area contributed by atoms with Crippen LogP contribution in [0.3, 0.4) is 0 Å². The molecule has 0 aromatic rings. The van der Waals surface area contributed by atoms with E-state index >= 15 is 0 Å². The topological polar surface area (TPSA) is 93.1 Å². The first-order valence-electron chi connectivity index (χ1n) is 3.34. The molecule has 6 nitrogen and oxygen atoms in total. The van der Waals surface area contributed by atoms with E-state index in [1.807, 2.05) is 0 Å². The molecule has 0 fully saturated rings. The predicted octanol–water partition coefficient (Wildman–Crippen LogP) is 1.32. The lowest BCUT2D eigenvalue weighted by atomic mass is 10.2. The van der Waals surface area contributed by atoms with Crippen LogP contribution in [0.4, 0.5) is 9.59 Å². The van der Waals surface area contributed by atoms with Crippen molar-refractivity contribution in [3.8, 4) is 0 Å². The summed E-state index contributed by atoms with van der Waals surface area (Å²) in [5.74, 6) is 0. The summed E-state index contributed by atoms with van der Waals surface area (Å²) in [6.45, 7) is 4.56. The first-order valence-corrected chi connectivity index (χ1v) is 3.34. The second-order valence-corrected chi connectivity index (χ2v) is 2.30. The van der Waals surface area contributed by atoms with Crippen molar-refractivity contribution in [1.82, 2.24) is 0 Å². The second kappa shape index (κ2) is 5.02. The number of rotatable bonds is 4. The van der Waals surface area contributed by atoms with Crippen molar-refractivity contribution in [2.45, 2.75) is 13.0 Å². The minimum Gasteiger partial charge on any atom is -0.450 e. The number of hydrogen-bond donors (Lipinski definition) is 2. The van der Waals surface area contributed by atoms with E-state index in [-0.39, 0.29) is 6.61 Å². The molecule has 0 spiro atoms. The van der Waals surface area contributed by atoms with Crippen LogP contribution in [0.1, 0.15) is 6.92 Å². The molecular weight excluding hydrogens is 180 g/mol. The maximum atomic E-state index is 10.1. The third kappa shape index (κ3) is 5.54. The van der Waals surface area contributed by atoms with Crippen LogP contribution in [0, 0.1) is 0 Å². The zero-order valence-electron chi connectivity index (χ0n) is 7.02. The van der Waals surface area contributed by atoms with Gasteiger partial charge in [0.1, 0.15) is 6.61 Å². The van der Waals surface area contributed by atoms with Crippen LogP contribution in [0.5, 0.6) is 0 Å². The molecule has 2 N–H and O–H groups in total. The van der Waals surface area contributed by atoms with Crippen molar-refractivity contribution < 1.29 is 29.3 Å². The number of ether oxygens (including phenoxy) is 2. The van der Waals surface area contributed by atoms with Gasteiger partial charge in [0.05, 0.1) is 0 Å². The van der Waals surface area contributed by atoms with Crippen LogP contribution in [0.2, 0.25) is 0 Å². The molecule has 0 saturated heterocycles. The average Bonchev–Trinajstić information content (AvgIpc) is 1.96. The standard InChI is InChI=1S/C7H10O6/c1-4(2)5(13-7(10)11)3-12-6(8)9/h5H,1,3H2,2H3,(H,8,9)(H,10,11). The fourth-order valence-corrected chi connectivity index (χ4v) is 0.546. The first kappa shape index (κ1) is 11.3. The van der Waals surface area contributed by atoms with Gasteiger partial charge in [0.25, 0.3) is 0 Å². The van der Waals surface area contributed by atoms with Crippen molar-refractivity contribution in [3.63, 3.8) is 0 Å². The van der Waals surface area contributed by atoms with Crippen LogP contribution in [-0.2, 0) is 9.47 Å². The molecule has 0 aromatic heterocycles. The SMILES string of the molecule is C=C(C)C(COC(=O)O)OC(=O)O. The summed E-state index contributed by atoms with van der Waals surface area (Å²) >= 11 is 0.